The van der Waals surface area contributed by atoms with Gasteiger partial charge in [-0.25, -0.2) is 14.4 Å². The van der Waals surface area contributed by atoms with Gasteiger partial charge in [0.2, 0.25) is 5.95 Å². The van der Waals surface area contributed by atoms with Crippen molar-refractivity contribution >= 4 is 5.95 Å². The third-order valence-electron chi connectivity index (χ3n) is 2.81. The molecule has 0 atom stereocenters. The zero-order valence-corrected chi connectivity index (χ0v) is 9.51. The van der Waals surface area contributed by atoms with E-state index in [0.717, 1.165) is 26.2 Å². The minimum absolute atomic E-state index is 0.305. The number of halogens is 1. The van der Waals surface area contributed by atoms with Gasteiger partial charge >= 0.3 is 0 Å². The highest BCUT2D eigenvalue weighted by atomic mass is 19.1. The minimum Gasteiger partial charge on any atom is -0.338 e. The van der Waals surface area contributed by atoms with E-state index in [9.17, 15) is 4.39 Å². The molecule has 5 nitrogen and oxygen atoms in total. The van der Waals surface area contributed by atoms with Crippen molar-refractivity contribution < 1.29 is 4.39 Å². The fourth-order valence-corrected chi connectivity index (χ4v) is 1.85. The van der Waals surface area contributed by atoms with Crippen molar-refractivity contribution in [1.29, 1.82) is 5.26 Å². The summed E-state index contributed by atoms with van der Waals surface area (Å²) >= 11 is 0. The first kappa shape index (κ1) is 11.7. The van der Waals surface area contributed by atoms with Crippen LogP contribution in [-0.4, -0.2) is 54.3 Å². The number of hydrogen-bond donors (Lipinski definition) is 0. The van der Waals surface area contributed by atoms with Crippen LogP contribution in [0.1, 0.15) is 5.69 Å². The van der Waals surface area contributed by atoms with Crippen molar-refractivity contribution in [2.24, 2.45) is 0 Å². The van der Waals surface area contributed by atoms with Crippen LogP contribution < -0.4 is 4.90 Å². The van der Waals surface area contributed by atoms with Crippen LogP contribution in [0.2, 0.25) is 0 Å². The summed E-state index contributed by atoms with van der Waals surface area (Å²) in [6, 6.07) is 3.58. The van der Waals surface area contributed by atoms with Crippen LogP contribution in [0.15, 0.2) is 12.3 Å². The summed E-state index contributed by atoms with van der Waals surface area (Å²) in [4.78, 5) is 12.4. The molecule has 1 aromatic heterocycles. The minimum atomic E-state index is -0.305. The molecule has 0 radical (unpaired) electrons. The molecule has 0 amide bonds. The molecule has 0 saturated carbocycles. The topological polar surface area (TPSA) is 56.1 Å². The van der Waals surface area contributed by atoms with Gasteiger partial charge < -0.3 is 4.90 Å². The van der Waals surface area contributed by atoms with Crippen molar-refractivity contribution in [1.82, 2.24) is 14.9 Å². The number of nitrogens with zero attached hydrogens (tertiary/aromatic N) is 5. The van der Waals surface area contributed by atoms with Gasteiger partial charge in [-0.1, -0.05) is 0 Å². The lowest BCUT2D eigenvalue weighted by atomic mass is 10.3. The molecule has 1 saturated heterocycles. The summed E-state index contributed by atoms with van der Waals surface area (Å²) < 4.78 is 12.2. The van der Waals surface area contributed by atoms with Crippen molar-refractivity contribution in [3.63, 3.8) is 0 Å². The molecule has 0 aliphatic carbocycles. The van der Waals surface area contributed by atoms with Crippen LogP contribution in [0.5, 0.6) is 0 Å². The van der Waals surface area contributed by atoms with E-state index in [4.69, 9.17) is 5.26 Å². The van der Waals surface area contributed by atoms with Gasteiger partial charge in [-0.3, -0.25) is 4.90 Å². The summed E-state index contributed by atoms with van der Waals surface area (Å²) in [6.45, 7) is 3.35. The Morgan fingerprint density at radius 1 is 1.35 bits per heavy atom. The zero-order valence-electron chi connectivity index (χ0n) is 9.51. The van der Waals surface area contributed by atoms with Gasteiger partial charge in [0.25, 0.3) is 0 Å². The molecule has 2 heterocycles. The van der Waals surface area contributed by atoms with E-state index < -0.39 is 0 Å². The fraction of sp³-hybridized carbons (Fsp3) is 0.545. The smallest absolute Gasteiger partial charge is 0.226 e. The van der Waals surface area contributed by atoms with E-state index in [-0.39, 0.29) is 6.67 Å². The van der Waals surface area contributed by atoms with Crippen LogP contribution in [-0.2, 0) is 0 Å². The van der Waals surface area contributed by atoms with Gasteiger partial charge in [0.05, 0.1) is 0 Å². The molecule has 1 aliphatic heterocycles. The Balaban J connectivity index is 1.98. The Morgan fingerprint density at radius 2 is 2.12 bits per heavy atom. The quantitative estimate of drug-likeness (QED) is 0.761. The predicted octanol–water partition coefficient (Wildman–Crippen LogP) is 0.440. The van der Waals surface area contributed by atoms with Crippen LogP contribution in [0.25, 0.3) is 0 Å². The molecule has 2 rings (SSSR count). The van der Waals surface area contributed by atoms with Gasteiger partial charge in [0.1, 0.15) is 18.4 Å². The molecule has 90 valence electrons. The van der Waals surface area contributed by atoms with E-state index in [0.29, 0.717) is 18.2 Å². The van der Waals surface area contributed by atoms with Gasteiger partial charge in [-0.05, 0) is 6.07 Å². The Hall–Kier alpha value is -1.74. The first-order chi connectivity index (χ1) is 8.33. The molecule has 1 aromatic rings. The number of anilines is 1. The van der Waals surface area contributed by atoms with Gasteiger partial charge in [0.15, 0.2) is 0 Å². The highest BCUT2D eigenvalue weighted by Gasteiger charge is 2.18. The molecule has 0 unspecified atom stereocenters. The lowest BCUT2D eigenvalue weighted by Crippen LogP contribution is -2.47. The summed E-state index contributed by atoms with van der Waals surface area (Å²) in [5.41, 5.74) is 0.376. The van der Waals surface area contributed by atoms with Crippen molar-refractivity contribution in [3.8, 4) is 6.07 Å². The summed E-state index contributed by atoms with van der Waals surface area (Å²) in [5, 5.41) is 8.76. The molecule has 17 heavy (non-hydrogen) atoms. The molecule has 0 aromatic carbocycles. The summed E-state index contributed by atoms with van der Waals surface area (Å²) in [5.74, 6) is 0.587. The van der Waals surface area contributed by atoms with E-state index in [1.165, 1.54) is 0 Å². The normalized spacial score (nSPS) is 16.8. The maximum Gasteiger partial charge on any atom is 0.226 e. The van der Waals surface area contributed by atoms with Crippen molar-refractivity contribution in [2.75, 3.05) is 44.3 Å². The number of hydrogen-bond acceptors (Lipinski definition) is 5. The third-order valence-corrected chi connectivity index (χ3v) is 2.81. The third kappa shape index (κ3) is 2.88. The molecule has 0 N–H and O–H groups in total. The number of piperazine rings is 1. The Morgan fingerprint density at radius 3 is 2.76 bits per heavy atom. The highest BCUT2D eigenvalue weighted by Crippen LogP contribution is 2.10. The maximum atomic E-state index is 12.2. The van der Waals surface area contributed by atoms with Gasteiger partial charge in [0, 0.05) is 38.9 Å². The SMILES string of the molecule is N#Cc1ccnc(N2CCN(CCF)CC2)n1. The van der Waals surface area contributed by atoms with E-state index >= 15 is 0 Å². The summed E-state index contributed by atoms with van der Waals surface area (Å²) in [6.07, 6.45) is 1.59. The molecule has 0 spiro atoms. The first-order valence-corrected chi connectivity index (χ1v) is 5.60. The van der Waals surface area contributed by atoms with Gasteiger partial charge in [-0.15, -0.1) is 0 Å². The molecular formula is C11H14FN5. The van der Waals surface area contributed by atoms with Gasteiger partial charge in [-0.2, -0.15) is 5.26 Å². The molecule has 6 heteroatoms. The van der Waals surface area contributed by atoms with Crippen molar-refractivity contribution in [2.45, 2.75) is 0 Å². The van der Waals surface area contributed by atoms with Crippen molar-refractivity contribution in [3.05, 3.63) is 18.0 Å². The lowest BCUT2D eigenvalue weighted by molar-refractivity contribution is 0.234. The second-order valence-corrected chi connectivity index (χ2v) is 3.87. The Kier molecular flexibility index (Phi) is 3.83. The zero-order chi connectivity index (χ0) is 12.1. The Labute approximate surface area is 99.5 Å². The largest absolute Gasteiger partial charge is 0.338 e. The lowest BCUT2D eigenvalue weighted by Gasteiger charge is -2.34. The first-order valence-electron chi connectivity index (χ1n) is 5.60. The predicted molar refractivity (Wildman–Crippen MR) is 61.4 cm³/mol. The van der Waals surface area contributed by atoms with Crippen LogP contribution in [0.3, 0.4) is 0 Å². The number of aromatic nitrogens is 2. The average Bonchev–Trinajstić information content (AvgIpc) is 2.40. The summed E-state index contributed by atoms with van der Waals surface area (Å²) in [7, 11) is 0. The standard InChI is InChI=1S/C11H14FN5/c12-2-4-16-5-7-17(8-6-16)11-14-3-1-10(9-13)15-11/h1,3H,2,4-8H2. The average molecular weight is 235 g/mol. The van der Waals surface area contributed by atoms with E-state index in [1.54, 1.807) is 12.3 Å². The van der Waals surface area contributed by atoms with E-state index in [2.05, 4.69) is 14.9 Å². The Bertz CT molecular complexity index is 409. The highest BCUT2D eigenvalue weighted by molar-refractivity contribution is 5.34. The van der Waals surface area contributed by atoms with Crippen LogP contribution in [0.4, 0.5) is 10.3 Å². The fourth-order valence-electron chi connectivity index (χ4n) is 1.85. The molecule has 1 fully saturated rings. The number of alkyl halides is 1. The van der Waals surface area contributed by atoms with Crippen LogP contribution in [0, 0.1) is 11.3 Å². The van der Waals surface area contributed by atoms with E-state index in [1.807, 2.05) is 11.0 Å². The second-order valence-electron chi connectivity index (χ2n) is 3.87. The second kappa shape index (κ2) is 5.55. The molecular weight excluding hydrogens is 221 g/mol. The molecule has 1 aliphatic rings. The van der Waals surface area contributed by atoms with Crippen LogP contribution >= 0.6 is 0 Å². The molecule has 0 bridgehead atoms. The number of nitriles is 1. The number of rotatable bonds is 3. The maximum absolute atomic E-state index is 12.2. The monoisotopic (exact) mass is 235 g/mol.